The Morgan fingerprint density at radius 1 is 1.19 bits per heavy atom. The topological polar surface area (TPSA) is 58.1 Å². The van der Waals surface area contributed by atoms with Crippen LogP contribution in [0.25, 0.3) is 0 Å². The average molecular weight is 290 g/mol. The van der Waals surface area contributed by atoms with Gasteiger partial charge in [0.2, 0.25) is 0 Å². The third kappa shape index (κ3) is 4.99. The molecule has 1 amide bonds. The molecule has 1 fully saturated rings. The van der Waals surface area contributed by atoms with Crippen LogP contribution in [0.5, 0.6) is 0 Å². The van der Waals surface area contributed by atoms with E-state index in [4.69, 9.17) is 0 Å². The highest BCUT2D eigenvalue weighted by molar-refractivity contribution is 5.92. The summed E-state index contributed by atoms with van der Waals surface area (Å²) in [7, 11) is 0. The van der Waals surface area contributed by atoms with E-state index in [1.807, 2.05) is 4.90 Å². The predicted molar refractivity (Wildman–Crippen MR) is 84.3 cm³/mol. The minimum absolute atomic E-state index is 0.0122. The zero-order valence-electron chi connectivity index (χ0n) is 13.1. The van der Waals surface area contributed by atoms with E-state index < -0.39 is 0 Å². The fraction of sp³-hybridized carbons (Fsp3) is 0.688. The molecular weight excluding hydrogens is 264 g/mol. The molecule has 1 aromatic heterocycles. The van der Waals surface area contributed by atoms with E-state index in [1.165, 1.54) is 12.8 Å². The van der Waals surface area contributed by atoms with Crippen molar-refractivity contribution in [3.63, 3.8) is 0 Å². The number of amides is 1. The van der Waals surface area contributed by atoms with Gasteiger partial charge in [-0.3, -0.25) is 4.79 Å². The molecule has 0 saturated carbocycles. The van der Waals surface area contributed by atoms with E-state index in [-0.39, 0.29) is 5.91 Å². The Bertz CT molecular complexity index is 436. The van der Waals surface area contributed by atoms with Crippen LogP contribution in [0.1, 0.15) is 56.4 Å². The van der Waals surface area contributed by atoms with Crippen LogP contribution in [0.15, 0.2) is 12.4 Å². The quantitative estimate of drug-likeness (QED) is 0.906. The molecule has 21 heavy (non-hydrogen) atoms. The summed E-state index contributed by atoms with van der Waals surface area (Å²) in [5, 5.41) is 3.23. The van der Waals surface area contributed by atoms with E-state index in [9.17, 15) is 4.79 Å². The minimum atomic E-state index is 0.0122. The second kappa shape index (κ2) is 7.96. The summed E-state index contributed by atoms with van der Waals surface area (Å²) in [5.74, 6) is 1.41. The first-order valence-corrected chi connectivity index (χ1v) is 8.02. The molecule has 0 aromatic carbocycles. The van der Waals surface area contributed by atoms with Crippen molar-refractivity contribution in [3.8, 4) is 0 Å². The summed E-state index contributed by atoms with van der Waals surface area (Å²) in [6, 6.07) is 0. The molecule has 0 radical (unpaired) electrons. The molecule has 0 bridgehead atoms. The lowest BCUT2D eigenvalue weighted by molar-refractivity contribution is 0.0755. The summed E-state index contributed by atoms with van der Waals surface area (Å²) in [5.41, 5.74) is 0.450. The normalized spacial score (nSPS) is 15.9. The van der Waals surface area contributed by atoms with Gasteiger partial charge in [0.15, 0.2) is 0 Å². The van der Waals surface area contributed by atoms with Crippen molar-refractivity contribution in [1.82, 2.24) is 14.9 Å². The summed E-state index contributed by atoms with van der Waals surface area (Å²) in [6.07, 6.45) is 8.96. The maximum atomic E-state index is 12.4. The van der Waals surface area contributed by atoms with Gasteiger partial charge in [0.1, 0.15) is 11.5 Å². The SMILES string of the molecule is CC(C)CCNc1cnc(C(=O)N2CCCCCC2)cn1. The lowest BCUT2D eigenvalue weighted by atomic mass is 10.1. The Morgan fingerprint density at radius 2 is 1.90 bits per heavy atom. The van der Waals surface area contributed by atoms with Crippen LogP contribution in [0.2, 0.25) is 0 Å². The summed E-state index contributed by atoms with van der Waals surface area (Å²) in [6.45, 7) is 6.95. The Balaban J connectivity index is 1.89. The highest BCUT2D eigenvalue weighted by Crippen LogP contribution is 2.12. The van der Waals surface area contributed by atoms with E-state index in [2.05, 4.69) is 29.1 Å². The molecule has 116 valence electrons. The van der Waals surface area contributed by atoms with Crippen molar-refractivity contribution in [2.45, 2.75) is 46.0 Å². The molecule has 5 heteroatoms. The number of carbonyl (C=O) groups excluding carboxylic acids is 1. The zero-order valence-corrected chi connectivity index (χ0v) is 13.1. The van der Waals surface area contributed by atoms with Gasteiger partial charge >= 0.3 is 0 Å². The van der Waals surface area contributed by atoms with E-state index >= 15 is 0 Å². The third-order valence-corrected chi connectivity index (χ3v) is 3.79. The fourth-order valence-electron chi connectivity index (χ4n) is 2.45. The van der Waals surface area contributed by atoms with Crippen molar-refractivity contribution in [3.05, 3.63) is 18.1 Å². The van der Waals surface area contributed by atoms with Gasteiger partial charge in [0.05, 0.1) is 12.4 Å². The van der Waals surface area contributed by atoms with Gasteiger partial charge in [-0.25, -0.2) is 9.97 Å². The zero-order chi connectivity index (χ0) is 15.1. The van der Waals surface area contributed by atoms with Gasteiger partial charge in [-0.15, -0.1) is 0 Å². The van der Waals surface area contributed by atoms with E-state index in [0.29, 0.717) is 11.6 Å². The highest BCUT2D eigenvalue weighted by Gasteiger charge is 2.18. The number of rotatable bonds is 5. The van der Waals surface area contributed by atoms with Crippen molar-refractivity contribution in [2.24, 2.45) is 5.92 Å². The molecule has 0 atom stereocenters. The van der Waals surface area contributed by atoms with Crippen LogP contribution in [0.3, 0.4) is 0 Å². The van der Waals surface area contributed by atoms with Crippen LogP contribution in [-0.2, 0) is 0 Å². The van der Waals surface area contributed by atoms with Gasteiger partial charge in [0.25, 0.3) is 5.91 Å². The van der Waals surface area contributed by atoms with Crippen molar-refractivity contribution < 1.29 is 4.79 Å². The molecule has 1 aliphatic rings. The standard InChI is InChI=1S/C16H26N4O/c1-13(2)7-8-17-15-12-18-14(11-19-15)16(21)20-9-5-3-4-6-10-20/h11-13H,3-10H2,1-2H3,(H,17,19). The van der Waals surface area contributed by atoms with Gasteiger partial charge < -0.3 is 10.2 Å². The predicted octanol–water partition coefficient (Wildman–Crippen LogP) is 2.95. The van der Waals surface area contributed by atoms with Crippen LogP contribution >= 0.6 is 0 Å². The first kappa shape index (κ1) is 15.7. The molecule has 1 N–H and O–H groups in total. The molecule has 0 spiro atoms. The molecule has 0 aliphatic carbocycles. The Kier molecular flexibility index (Phi) is 5.96. The Morgan fingerprint density at radius 3 is 2.48 bits per heavy atom. The van der Waals surface area contributed by atoms with Gasteiger partial charge in [-0.1, -0.05) is 26.7 Å². The number of hydrogen-bond donors (Lipinski definition) is 1. The number of nitrogens with one attached hydrogen (secondary N) is 1. The Labute approximate surface area is 127 Å². The number of likely N-dealkylation sites (tertiary alicyclic amines) is 1. The smallest absolute Gasteiger partial charge is 0.274 e. The van der Waals surface area contributed by atoms with Crippen LogP contribution in [0, 0.1) is 5.92 Å². The molecule has 2 heterocycles. The molecule has 1 aliphatic heterocycles. The van der Waals surface area contributed by atoms with Crippen molar-refractivity contribution in [1.29, 1.82) is 0 Å². The summed E-state index contributed by atoms with van der Waals surface area (Å²) >= 11 is 0. The second-order valence-electron chi connectivity index (χ2n) is 6.10. The van der Waals surface area contributed by atoms with Crippen molar-refractivity contribution in [2.75, 3.05) is 25.0 Å². The van der Waals surface area contributed by atoms with E-state index in [1.54, 1.807) is 12.4 Å². The Hall–Kier alpha value is -1.65. The summed E-state index contributed by atoms with van der Waals surface area (Å²) < 4.78 is 0. The molecule has 2 rings (SSSR count). The minimum Gasteiger partial charge on any atom is -0.369 e. The van der Waals surface area contributed by atoms with Crippen molar-refractivity contribution >= 4 is 11.7 Å². The molecule has 0 unspecified atom stereocenters. The fourth-order valence-corrected chi connectivity index (χ4v) is 2.45. The average Bonchev–Trinajstić information content (AvgIpc) is 2.76. The number of nitrogens with zero attached hydrogens (tertiary/aromatic N) is 3. The highest BCUT2D eigenvalue weighted by atomic mass is 16.2. The van der Waals surface area contributed by atoms with Gasteiger partial charge in [0, 0.05) is 19.6 Å². The first-order chi connectivity index (χ1) is 10.2. The molecular formula is C16H26N4O. The second-order valence-corrected chi connectivity index (χ2v) is 6.10. The number of anilines is 1. The van der Waals surface area contributed by atoms with Crippen LogP contribution < -0.4 is 5.32 Å². The maximum Gasteiger partial charge on any atom is 0.274 e. The van der Waals surface area contributed by atoms with Gasteiger partial charge in [-0.05, 0) is 25.2 Å². The van der Waals surface area contributed by atoms with Crippen LogP contribution in [0.4, 0.5) is 5.82 Å². The van der Waals surface area contributed by atoms with E-state index in [0.717, 1.165) is 44.7 Å². The summed E-state index contributed by atoms with van der Waals surface area (Å²) in [4.78, 5) is 22.8. The maximum absolute atomic E-state index is 12.4. The third-order valence-electron chi connectivity index (χ3n) is 3.79. The lowest BCUT2D eigenvalue weighted by Crippen LogP contribution is -2.32. The van der Waals surface area contributed by atoms with Gasteiger partial charge in [-0.2, -0.15) is 0 Å². The number of carbonyl (C=O) groups is 1. The molecule has 5 nitrogen and oxygen atoms in total. The largest absolute Gasteiger partial charge is 0.369 e. The lowest BCUT2D eigenvalue weighted by Gasteiger charge is -2.19. The number of hydrogen-bond acceptors (Lipinski definition) is 4. The number of aromatic nitrogens is 2. The van der Waals surface area contributed by atoms with Crippen LogP contribution in [-0.4, -0.2) is 40.4 Å². The first-order valence-electron chi connectivity index (χ1n) is 8.02. The molecule has 1 saturated heterocycles. The molecule has 1 aromatic rings. The monoisotopic (exact) mass is 290 g/mol.